The summed E-state index contributed by atoms with van der Waals surface area (Å²) in [5, 5.41) is 0.537. The summed E-state index contributed by atoms with van der Waals surface area (Å²) in [5.41, 5.74) is 0.365. The topological polar surface area (TPSA) is 52.6 Å². The number of carbonyl (C=O) groups is 2. The lowest BCUT2D eigenvalue weighted by Crippen LogP contribution is -2.05. The number of cyclic esters (lactones) is 1. The molecule has 1 aromatic rings. The summed E-state index contributed by atoms with van der Waals surface area (Å²) in [5.74, 6) is -0.829. The van der Waals surface area contributed by atoms with E-state index >= 15 is 0 Å². The van der Waals surface area contributed by atoms with E-state index in [9.17, 15) is 9.59 Å². The van der Waals surface area contributed by atoms with Crippen molar-refractivity contribution in [1.29, 1.82) is 0 Å². The average molecular weight is 239 g/mol. The van der Waals surface area contributed by atoms with E-state index in [0.717, 1.165) is 6.08 Å². The van der Waals surface area contributed by atoms with Crippen LogP contribution in [0.3, 0.4) is 0 Å². The second-order valence-corrected chi connectivity index (χ2v) is 3.55. The summed E-state index contributed by atoms with van der Waals surface area (Å²) < 4.78 is 9.53. The first kappa shape index (κ1) is 10.7. The Balaban J connectivity index is 2.06. The third-order valence-corrected chi connectivity index (χ3v) is 2.19. The van der Waals surface area contributed by atoms with Crippen LogP contribution in [0.15, 0.2) is 36.1 Å². The molecule has 4 nitrogen and oxygen atoms in total. The highest BCUT2D eigenvalue weighted by Gasteiger charge is 2.18. The van der Waals surface area contributed by atoms with Crippen molar-refractivity contribution < 1.29 is 19.1 Å². The van der Waals surface area contributed by atoms with Gasteiger partial charge in [-0.15, -0.1) is 0 Å². The molecule has 0 N–H and O–H groups in total. The van der Waals surface area contributed by atoms with Gasteiger partial charge in [0, 0.05) is 5.02 Å². The van der Waals surface area contributed by atoms with Gasteiger partial charge in [0.05, 0.1) is 11.6 Å². The van der Waals surface area contributed by atoms with Gasteiger partial charge < -0.3 is 9.47 Å². The van der Waals surface area contributed by atoms with Crippen LogP contribution >= 0.6 is 11.6 Å². The Hall–Kier alpha value is -1.81. The fraction of sp³-hybridized carbons (Fsp3) is 0.0909. The SMILES string of the molecule is O=C1C=C(OC(=O)c2ccc(Cl)cc2)CO1. The highest BCUT2D eigenvalue weighted by Crippen LogP contribution is 2.14. The number of halogens is 1. The van der Waals surface area contributed by atoms with Crippen LogP contribution in [0.1, 0.15) is 10.4 Å². The van der Waals surface area contributed by atoms with Crippen LogP contribution in [0.2, 0.25) is 5.02 Å². The summed E-state index contributed by atoms with van der Waals surface area (Å²) in [7, 11) is 0. The molecule has 1 aliphatic heterocycles. The van der Waals surface area contributed by atoms with Gasteiger partial charge in [0.1, 0.15) is 6.61 Å². The van der Waals surface area contributed by atoms with Crippen molar-refractivity contribution in [2.45, 2.75) is 0 Å². The predicted molar refractivity (Wildman–Crippen MR) is 55.9 cm³/mol. The monoisotopic (exact) mass is 238 g/mol. The standard InChI is InChI=1S/C11H7ClO4/c12-8-3-1-7(2-4-8)11(14)16-9-5-10(13)15-6-9/h1-5H,6H2. The van der Waals surface area contributed by atoms with Crippen LogP contribution in [-0.4, -0.2) is 18.5 Å². The molecular formula is C11H7ClO4. The van der Waals surface area contributed by atoms with Crippen molar-refractivity contribution in [2.75, 3.05) is 6.61 Å². The lowest BCUT2D eigenvalue weighted by atomic mass is 10.2. The first-order valence-corrected chi connectivity index (χ1v) is 4.88. The highest BCUT2D eigenvalue weighted by atomic mass is 35.5. The van der Waals surface area contributed by atoms with E-state index < -0.39 is 11.9 Å². The van der Waals surface area contributed by atoms with E-state index in [2.05, 4.69) is 4.74 Å². The molecule has 0 aliphatic carbocycles. The zero-order valence-electron chi connectivity index (χ0n) is 8.10. The maximum atomic E-state index is 11.5. The number of hydrogen-bond acceptors (Lipinski definition) is 4. The van der Waals surface area contributed by atoms with Gasteiger partial charge in [-0.3, -0.25) is 0 Å². The molecule has 1 aliphatic rings. The molecule has 16 heavy (non-hydrogen) atoms. The number of rotatable bonds is 2. The van der Waals surface area contributed by atoms with Crippen LogP contribution in [-0.2, 0) is 14.3 Å². The first-order chi connectivity index (χ1) is 7.65. The Labute approximate surface area is 96.4 Å². The van der Waals surface area contributed by atoms with Crippen molar-refractivity contribution >= 4 is 23.5 Å². The Bertz CT molecular complexity index is 461. The smallest absolute Gasteiger partial charge is 0.343 e. The zero-order chi connectivity index (χ0) is 11.5. The fourth-order valence-electron chi connectivity index (χ4n) is 1.18. The largest absolute Gasteiger partial charge is 0.454 e. The highest BCUT2D eigenvalue weighted by molar-refractivity contribution is 6.30. The molecule has 1 heterocycles. The van der Waals surface area contributed by atoms with Gasteiger partial charge in [-0.1, -0.05) is 11.6 Å². The predicted octanol–water partition coefficient (Wildman–Crippen LogP) is 1.94. The molecule has 0 spiro atoms. The van der Waals surface area contributed by atoms with Crippen molar-refractivity contribution in [3.05, 3.63) is 46.7 Å². The summed E-state index contributed by atoms with van der Waals surface area (Å²) in [4.78, 5) is 22.3. The third-order valence-electron chi connectivity index (χ3n) is 1.94. The van der Waals surface area contributed by atoms with Gasteiger partial charge in [0.2, 0.25) is 0 Å². The molecule has 82 valence electrons. The molecule has 0 aromatic heterocycles. The Morgan fingerprint density at radius 3 is 2.56 bits per heavy atom. The molecule has 5 heteroatoms. The van der Waals surface area contributed by atoms with Gasteiger partial charge in [0.15, 0.2) is 5.76 Å². The van der Waals surface area contributed by atoms with Crippen molar-refractivity contribution in [2.24, 2.45) is 0 Å². The van der Waals surface area contributed by atoms with Crippen LogP contribution in [0.25, 0.3) is 0 Å². The average Bonchev–Trinajstić information content (AvgIpc) is 2.65. The number of carbonyl (C=O) groups excluding carboxylic acids is 2. The second kappa shape index (κ2) is 4.37. The second-order valence-electron chi connectivity index (χ2n) is 3.11. The van der Waals surface area contributed by atoms with E-state index in [1.807, 2.05) is 0 Å². The number of benzene rings is 1. The summed E-state index contributed by atoms with van der Waals surface area (Å²) in [6.07, 6.45) is 1.15. The molecule has 0 amide bonds. The molecule has 0 fully saturated rings. The summed E-state index contributed by atoms with van der Waals surface area (Å²) >= 11 is 5.68. The van der Waals surface area contributed by atoms with Gasteiger partial charge >= 0.3 is 11.9 Å². The quantitative estimate of drug-likeness (QED) is 0.739. The molecule has 0 radical (unpaired) electrons. The lowest BCUT2D eigenvalue weighted by molar-refractivity contribution is -0.135. The van der Waals surface area contributed by atoms with E-state index in [1.54, 1.807) is 24.3 Å². The van der Waals surface area contributed by atoms with Crippen molar-refractivity contribution in [1.82, 2.24) is 0 Å². The molecule has 0 saturated carbocycles. The van der Waals surface area contributed by atoms with E-state index in [1.165, 1.54) is 0 Å². The molecule has 2 rings (SSSR count). The van der Waals surface area contributed by atoms with Crippen LogP contribution in [0.5, 0.6) is 0 Å². The van der Waals surface area contributed by atoms with Crippen LogP contribution in [0.4, 0.5) is 0 Å². The maximum Gasteiger partial charge on any atom is 0.343 e. The van der Waals surface area contributed by atoms with Crippen molar-refractivity contribution in [3.8, 4) is 0 Å². The molecule has 0 unspecified atom stereocenters. The number of hydrogen-bond donors (Lipinski definition) is 0. The number of esters is 2. The van der Waals surface area contributed by atoms with Crippen LogP contribution < -0.4 is 0 Å². The minimum Gasteiger partial charge on any atom is -0.454 e. The van der Waals surface area contributed by atoms with Gasteiger partial charge in [-0.05, 0) is 24.3 Å². The van der Waals surface area contributed by atoms with E-state index in [0.29, 0.717) is 10.6 Å². The lowest BCUT2D eigenvalue weighted by Gasteiger charge is -2.03. The van der Waals surface area contributed by atoms with E-state index in [4.69, 9.17) is 16.3 Å². The van der Waals surface area contributed by atoms with Crippen molar-refractivity contribution in [3.63, 3.8) is 0 Å². The Morgan fingerprint density at radius 2 is 2.00 bits per heavy atom. The third kappa shape index (κ3) is 2.41. The normalized spacial score (nSPS) is 14.3. The fourth-order valence-corrected chi connectivity index (χ4v) is 1.31. The van der Waals surface area contributed by atoms with Gasteiger partial charge in [-0.2, -0.15) is 0 Å². The number of ether oxygens (including phenoxy) is 2. The first-order valence-electron chi connectivity index (χ1n) is 4.50. The molecule has 1 aromatic carbocycles. The minimum atomic E-state index is -0.541. The molecule has 0 saturated heterocycles. The van der Waals surface area contributed by atoms with E-state index in [-0.39, 0.29) is 12.4 Å². The zero-order valence-corrected chi connectivity index (χ0v) is 8.86. The minimum absolute atomic E-state index is 0.00182. The Morgan fingerprint density at radius 1 is 1.31 bits per heavy atom. The molecule has 0 bridgehead atoms. The maximum absolute atomic E-state index is 11.5. The van der Waals surface area contributed by atoms with Gasteiger partial charge in [0.25, 0.3) is 0 Å². The Kier molecular flexibility index (Phi) is 2.92. The van der Waals surface area contributed by atoms with Gasteiger partial charge in [-0.25, -0.2) is 9.59 Å². The summed E-state index contributed by atoms with van der Waals surface area (Å²) in [6.45, 7) is -0.00182. The molecular weight excluding hydrogens is 232 g/mol. The van der Waals surface area contributed by atoms with Crippen LogP contribution in [0, 0.1) is 0 Å². The summed E-state index contributed by atoms with van der Waals surface area (Å²) in [6, 6.07) is 6.26. The molecule has 0 atom stereocenters.